The van der Waals surface area contributed by atoms with Gasteiger partial charge in [0.1, 0.15) is 5.75 Å². The Morgan fingerprint density at radius 1 is 1.42 bits per heavy atom. The highest BCUT2D eigenvalue weighted by atomic mass is 16.5. The lowest BCUT2D eigenvalue weighted by Gasteiger charge is -2.26. The molecule has 0 aliphatic carbocycles. The Morgan fingerprint density at radius 3 is 2.89 bits per heavy atom. The molecule has 1 heterocycles. The van der Waals surface area contributed by atoms with Crippen LogP contribution in [0.3, 0.4) is 0 Å². The molecule has 0 aromatic heterocycles. The Hall–Kier alpha value is -1.51. The van der Waals surface area contributed by atoms with Crippen LogP contribution in [0.4, 0.5) is 0 Å². The number of hydrogen-bond donors (Lipinski definition) is 0. The van der Waals surface area contributed by atoms with Gasteiger partial charge in [-0.15, -0.1) is 0 Å². The highest BCUT2D eigenvalue weighted by Crippen LogP contribution is 2.37. The summed E-state index contributed by atoms with van der Waals surface area (Å²) in [6.45, 7) is 7.08. The Bertz CT molecular complexity index is 451. The highest BCUT2D eigenvalue weighted by molar-refractivity contribution is 5.79. The lowest BCUT2D eigenvalue weighted by atomic mass is 9.86. The average molecular weight is 262 g/mol. The summed E-state index contributed by atoms with van der Waals surface area (Å²) in [5, 5.41) is 0. The number of fused-ring (bicyclic) bond motifs is 1. The van der Waals surface area contributed by atoms with E-state index in [0.29, 0.717) is 6.61 Å². The molecule has 0 saturated carbocycles. The van der Waals surface area contributed by atoms with Crippen molar-refractivity contribution in [2.75, 3.05) is 13.2 Å². The van der Waals surface area contributed by atoms with E-state index in [9.17, 15) is 4.79 Å². The average Bonchev–Trinajstić information content (AvgIpc) is 2.39. The van der Waals surface area contributed by atoms with Gasteiger partial charge in [-0.25, -0.2) is 0 Å². The van der Waals surface area contributed by atoms with Crippen molar-refractivity contribution in [3.8, 4) is 5.75 Å². The van der Waals surface area contributed by atoms with Crippen molar-refractivity contribution in [1.29, 1.82) is 0 Å². The zero-order valence-electron chi connectivity index (χ0n) is 11.9. The van der Waals surface area contributed by atoms with E-state index in [1.54, 1.807) is 0 Å². The second-order valence-electron chi connectivity index (χ2n) is 5.26. The maximum absolute atomic E-state index is 12.2. The third-order valence-electron chi connectivity index (χ3n) is 3.51. The van der Waals surface area contributed by atoms with Crippen molar-refractivity contribution < 1.29 is 14.3 Å². The minimum absolute atomic E-state index is 0.153. The van der Waals surface area contributed by atoms with Crippen LogP contribution < -0.4 is 4.74 Å². The second kappa shape index (κ2) is 6.09. The van der Waals surface area contributed by atoms with E-state index in [1.807, 2.05) is 32.9 Å². The first-order chi connectivity index (χ1) is 9.15. The number of ether oxygens (including phenoxy) is 2. The van der Waals surface area contributed by atoms with Crippen molar-refractivity contribution in [2.24, 2.45) is 5.92 Å². The van der Waals surface area contributed by atoms with Gasteiger partial charge < -0.3 is 9.47 Å². The second-order valence-corrected chi connectivity index (χ2v) is 5.26. The van der Waals surface area contributed by atoms with Crippen LogP contribution in [-0.2, 0) is 16.0 Å². The highest BCUT2D eigenvalue weighted by Gasteiger charge is 2.30. The van der Waals surface area contributed by atoms with E-state index in [-0.39, 0.29) is 17.8 Å². The van der Waals surface area contributed by atoms with Gasteiger partial charge >= 0.3 is 5.97 Å². The van der Waals surface area contributed by atoms with Crippen LogP contribution in [0, 0.1) is 5.92 Å². The fraction of sp³-hybridized carbons (Fsp3) is 0.562. The molecule has 1 aliphatic rings. The molecule has 0 saturated heterocycles. The predicted octanol–water partition coefficient (Wildman–Crippen LogP) is 3.31. The predicted molar refractivity (Wildman–Crippen MR) is 74.5 cm³/mol. The molecule has 1 aromatic carbocycles. The van der Waals surface area contributed by atoms with Crippen molar-refractivity contribution >= 4 is 5.97 Å². The molecule has 0 fully saturated rings. The Kier molecular flexibility index (Phi) is 4.46. The van der Waals surface area contributed by atoms with Crippen LogP contribution >= 0.6 is 0 Å². The van der Waals surface area contributed by atoms with Crippen LogP contribution in [0.25, 0.3) is 0 Å². The maximum atomic E-state index is 12.2. The van der Waals surface area contributed by atoms with E-state index in [4.69, 9.17) is 9.47 Å². The van der Waals surface area contributed by atoms with Gasteiger partial charge in [0.05, 0.1) is 19.1 Å². The van der Waals surface area contributed by atoms with Crippen molar-refractivity contribution in [3.63, 3.8) is 0 Å². The summed E-state index contributed by atoms with van der Waals surface area (Å²) in [5.41, 5.74) is 2.18. The standard InChI is InChI=1S/C16H22O3/c1-4-18-16(17)14(11(2)3)13-9-5-7-12-8-6-10-19-15(12)13/h5,7,9,11,14H,4,6,8,10H2,1-3H3. The molecule has 1 atom stereocenters. The van der Waals surface area contributed by atoms with Gasteiger partial charge in [-0.05, 0) is 31.2 Å². The Morgan fingerprint density at radius 2 is 2.21 bits per heavy atom. The number of hydrogen-bond acceptors (Lipinski definition) is 3. The van der Waals surface area contributed by atoms with E-state index in [0.717, 1.165) is 30.8 Å². The first-order valence-electron chi connectivity index (χ1n) is 7.06. The zero-order chi connectivity index (χ0) is 13.8. The number of para-hydroxylation sites is 1. The number of rotatable bonds is 4. The summed E-state index contributed by atoms with van der Waals surface area (Å²) in [5.74, 6) is 0.699. The SMILES string of the molecule is CCOC(=O)C(c1cccc2c1OCCC2)C(C)C. The first kappa shape index (κ1) is 13.9. The van der Waals surface area contributed by atoms with Gasteiger partial charge in [0.25, 0.3) is 0 Å². The van der Waals surface area contributed by atoms with Gasteiger partial charge in [0.2, 0.25) is 0 Å². The molecule has 104 valence electrons. The smallest absolute Gasteiger partial charge is 0.313 e. The van der Waals surface area contributed by atoms with Gasteiger partial charge in [-0.1, -0.05) is 32.0 Å². The molecule has 0 bridgehead atoms. The quantitative estimate of drug-likeness (QED) is 0.781. The minimum Gasteiger partial charge on any atom is -0.493 e. The fourth-order valence-electron chi connectivity index (χ4n) is 2.65. The largest absolute Gasteiger partial charge is 0.493 e. The van der Waals surface area contributed by atoms with Gasteiger partial charge in [-0.2, -0.15) is 0 Å². The molecule has 2 rings (SSSR count). The number of carbonyl (C=O) groups is 1. The Balaban J connectivity index is 2.39. The fourth-order valence-corrected chi connectivity index (χ4v) is 2.65. The Labute approximate surface area is 114 Å². The van der Waals surface area contributed by atoms with Crippen molar-refractivity contribution in [1.82, 2.24) is 0 Å². The van der Waals surface area contributed by atoms with Crippen molar-refractivity contribution in [2.45, 2.75) is 39.5 Å². The molecule has 0 N–H and O–H groups in total. The van der Waals surface area contributed by atoms with E-state index >= 15 is 0 Å². The molecule has 3 nitrogen and oxygen atoms in total. The molecule has 1 aromatic rings. The van der Waals surface area contributed by atoms with Crippen LogP contribution in [0.2, 0.25) is 0 Å². The summed E-state index contributed by atoms with van der Waals surface area (Å²) in [6.07, 6.45) is 2.07. The molecule has 0 amide bonds. The monoisotopic (exact) mass is 262 g/mol. The zero-order valence-corrected chi connectivity index (χ0v) is 11.9. The molecular formula is C16H22O3. The number of aryl methyl sites for hydroxylation is 1. The lowest BCUT2D eigenvalue weighted by Crippen LogP contribution is -2.23. The van der Waals surface area contributed by atoms with Crippen LogP contribution in [-0.4, -0.2) is 19.2 Å². The van der Waals surface area contributed by atoms with Crippen LogP contribution in [0.1, 0.15) is 44.2 Å². The molecule has 3 heteroatoms. The topological polar surface area (TPSA) is 35.5 Å². The summed E-state index contributed by atoms with van der Waals surface area (Å²) < 4.78 is 11.0. The van der Waals surface area contributed by atoms with Crippen LogP contribution in [0.5, 0.6) is 5.75 Å². The molecule has 1 aliphatic heterocycles. The van der Waals surface area contributed by atoms with Crippen LogP contribution in [0.15, 0.2) is 18.2 Å². The molecule has 1 unspecified atom stereocenters. The number of carbonyl (C=O) groups excluding carboxylic acids is 1. The van der Waals surface area contributed by atoms with E-state index < -0.39 is 0 Å². The third-order valence-corrected chi connectivity index (χ3v) is 3.51. The lowest BCUT2D eigenvalue weighted by molar-refractivity contribution is -0.146. The van der Waals surface area contributed by atoms with Crippen molar-refractivity contribution in [3.05, 3.63) is 29.3 Å². The molecule has 0 spiro atoms. The summed E-state index contributed by atoms with van der Waals surface area (Å²) in [7, 11) is 0. The van der Waals surface area contributed by atoms with Gasteiger partial charge in [0, 0.05) is 5.56 Å². The molecular weight excluding hydrogens is 240 g/mol. The van der Waals surface area contributed by atoms with E-state index in [2.05, 4.69) is 6.07 Å². The maximum Gasteiger partial charge on any atom is 0.313 e. The number of benzene rings is 1. The molecule has 0 radical (unpaired) electrons. The molecule has 19 heavy (non-hydrogen) atoms. The summed E-state index contributed by atoms with van der Waals surface area (Å²) in [4.78, 5) is 12.2. The minimum atomic E-state index is -0.243. The first-order valence-corrected chi connectivity index (χ1v) is 7.06. The summed E-state index contributed by atoms with van der Waals surface area (Å²) >= 11 is 0. The summed E-state index contributed by atoms with van der Waals surface area (Å²) in [6, 6.07) is 6.09. The van der Waals surface area contributed by atoms with E-state index in [1.165, 1.54) is 5.56 Å². The number of esters is 1. The van der Waals surface area contributed by atoms with Gasteiger partial charge in [-0.3, -0.25) is 4.79 Å². The normalized spacial score (nSPS) is 15.6. The third kappa shape index (κ3) is 2.91. The van der Waals surface area contributed by atoms with Gasteiger partial charge in [0.15, 0.2) is 0 Å².